The Kier molecular flexibility index (Phi) is 5.93. The first-order valence-electron chi connectivity index (χ1n) is 6.82. The van der Waals surface area contributed by atoms with Gasteiger partial charge in [-0.25, -0.2) is 0 Å². The molecule has 0 spiro atoms. The molecule has 1 fully saturated rings. The Morgan fingerprint density at radius 3 is 2.30 bits per heavy atom. The molecule has 118 valence electrons. The van der Waals surface area contributed by atoms with Crippen LogP contribution in [0.25, 0.3) is 0 Å². The van der Waals surface area contributed by atoms with Crippen LogP contribution in [0.1, 0.15) is 34.1 Å². The lowest BCUT2D eigenvalue weighted by atomic mass is 10.2. The van der Waals surface area contributed by atoms with Crippen LogP contribution < -0.4 is 0 Å². The number of aliphatic carboxylic acids is 1. The molecule has 1 aliphatic heterocycles. The third-order valence-electron chi connectivity index (χ3n) is 3.28. The maximum Gasteiger partial charge on any atom is 0.304 e. The summed E-state index contributed by atoms with van der Waals surface area (Å²) in [4.78, 5) is 10.8. The van der Waals surface area contributed by atoms with E-state index in [1.54, 1.807) is 13.8 Å². The number of carbonyl (C=O) groups is 1. The fourth-order valence-corrected chi connectivity index (χ4v) is 4.47. The van der Waals surface area contributed by atoms with Crippen LogP contribution in [0, 0.1) is 0 Å². The molecule has 1 rings (SSSR count). The van der Waals surface area contributed by atoms with E-state index < -0.39 is 22.2 Å². The summed E-state index contributed by atoms with van der Waals surface area (Å²) in [6, 6.07) is -0.573. The summed E-state index contributed by atoms with van der Waals surface area (Å²) in [5.74, 6) is -1.00. The molecule has 1 aliphatic rings. The van der Waals surface area contributed by atoms with Gasteiger partial charge in [0.25, 0.3) is 10.2 Å². The highest BCUT2D eigenvalue weighted by molar-refractivity contribution is 7.86. The number of carboxylic acids is 1. The molecule has 3 atom stereocenters. The second-order valence-corrected chi connectivity index (χ2v) is 7.11. The minimum absolute atomic E-state index is 0.165. The summed E-state index contributed by atoms with van der Waals surface area (Å²) < 4.78 is 33.4. The van der Waals surface area contributed by atoms with Gasteiger partial charge < -0.3 is 9.84 Å². The summed E-state index contributed by atoms with van der Waals surface area (Å²) in [5.41, 5.74) is 0. The average molecular weight is 308 g/mol. The van der Waals surface area contributed by atoms with Gasteiger partial charge in [0.1, 0.15) is 0 Å². The monoisotopic (exact) mass is 308 g/mol. The zero-order valence-electron chi connectivity index (χ0n) is 12.4. The van der Waals surface area contributed by atoms with E-state index in [4.69, 9.17) is 9.84 Å². The molecule has 0 aliphatic carbocycles. The van der Waals surface area contributed by atoms with Crippen molar-refractivity contribution >= 4 is 16.2 Å². The van der Waals surface area contributed by atoms with Crippen molar-refractivity contribution in [1.29, 1.82) is 0 Å². The highest BCUT2D eigenvalue weighted by atomic mass is 32.2. The second kappa shape index (κ2) is 6.84. The minimum atomic E-state index is -3.66. The highest BCUT2D eigenvalue weighted by Crippen LogP contribution is 2.20. The zero-order chi connectivity index (χ0) is 15.5. The van der Waals surface area contributed by atoms with E-state index in [9.17, 15) is 13.2 Å². The predicted octanol–water partition coefficient (Wildman–Crippen LogP) is 0.526. The van der Waals surface area contributed by atoms with Gasteiger partial charge in [0.05, 0.1) is 18.6 Å². The standard InChI is InChI=1S/C12H24N2O5S/c1-5-14(9(2)6-12(15)16)20(17,18)13-7-10(3)19-11(4)8-13/h9-11H,5-8H2,1-4H3,(H,15,16). The van der Waals surface area contributed by atoms with Gasteiger partial charge in [0, 0.05) is 25.7 Å². The van der Waals surface area contributed by atoms with Crippen LogP contribution >= 0.6 is 0 Å². The number of hydrogen-bond acceptors (Lipinski definition) is 4. The van der Waals surface area contributed by atoms with E-state index in [2.05, 4.69) is 0 Å². The van der Waals surface area contributed by atoms with Crippen LogP contribution in [-0.4, -0.2) is 66.0 Å². The Labute approximate surface area is 120 Å². The molecular weight excluding hydrogens is 284 g/mol. The van der Waals surface area contributed by atoms with Gasteiger partial charge in [0.15, 0.2) is 0 Å². The second-order valence-electron chi connectivity index (χ2n) is 5.23. The highest BCUT2D eigenvalue weighted by Gasteiger charge is 2.37. The molecule has 0 saturated carbocycles. The van der Waals surface area contributed by atoms with Gasteiger partial charge in [-0.2, -0.15) is 17.0 Å². The fraction of sp³-hybridized carbons (Fsp3) is 0.917. The van der Waals surface area contributed by atoms with E-state index in [1.165, 1.54) is 8.61 Å². The van der Waals surface area contributed by atoms with Gasteiger partial charge >= 0.3 is 5.97 Å². The lowest BCUT2D eigenvalue weighted by molar-refractivity contribution is -0.137. The van der Waals surface area contributed by atoms with Gasteiger partial charge in [-0.3, -0.25) is 4.79 Å². The number of carboxylic acid groups (broad SMARTS) is 1. The van der Waals surface area contributed by atoms with Crippen LogP contribution in [0.15, 0.2) is 0 Å². The zero-order valence-corrected chi connectivity index (χ0v) is 13.3. The van der Waals surface area contributed by atoms with Crippen LogP contribution in [0.2, 0.25) is 0 Å². The van der Waals surface area contributed by atoms with Gasteiger partial charge in [-0.1, -0.05) is 6.92 Å². The third-order valence-corrected chi connectivity index (χ3v) is 5.44. The Bertz CT molecular complexity index is 429. The molecule has 0 aromatic heterocycles. The van der Waals surface area contributed by atoms with Crippen molar-refractivity contribution in [3.8, 4) is 0 Å². The first kappa shape index (κ1) is 17.4. The average Bonchev–Trinajstić information content (AvgIpc) is 2.26. The maximum absolute atomic E-state index is 12.6. The third kappa shape index (κ3) is 4.15. The molecule has 0 amide bonds. The Morgan fingerprint density at radius 2 is 1.90 bits per heavy atom. The Morgan fingerprint density at radius 1 is 1.40 bits per heavy atom. The molecule has 0 radical (unpaired) electrons. The minimum Gasteiger partial charge on any atom is -0.481 e. The quantitative estimate of drug-likeness (QED) is 0.773. The van der Waals surface area contributed by atoms with Crippen LogP contribution in [0.4, 0.5) is 0 Å². The van der Waals surface area contributed by atoms with Crippen molar-refractivity contribution in [3.63, 3.8) is 0 Å². The smallest absolute Gasteiger partial charge is 0.304 e. The number of hydrogen-bond donors (Lipinski definition) is 1. The van der Waals surface area contributed by atoms with Crippen LogP contribution in [-0.2, 0) is 19.7 Å². The Balaban J connectivity index is 2.91. The number of ether oxygens (including phenoxy) is 1. The summed E-state index contributed by atoms with van der Waals surface area (Å²) in [5, 5.41) is 8.83. The van der Waals surface area contributed by atoms with Gasteiger partial charge in [0.2, 0.25) is 0 Å². The van der Waals surface area contributed by atoms with Gasteiger partial charge in [-0.15, -0.1) is 0 Å². The van der Waals surface area contributed by atoms with E-state index in [-0.39, 0.29) is 25.2 Å². The normalized spacial score (nSPS) is 26.6. The molecule has 0 aromatic carbocycles. The summed E-state index contributed by atoms with van der Waals surface area (Å²) in [6.07, 6.45) is -0.535. The molecule has 0 aromatic rings. The van der Waals surface area contributed by atoms with E-state index in [1.807, 2.05) is 13.8 Å². The molecule has 3 unspecified atom stereocenters. The largest absolute Gasteiger partial charge is 0.481 e. The fourth-order valence-electron chi connectivity index (χ4n) is 2.52. The van der Waals surface area contributed by atoms with E-state index >= 15 is 0 Å². The van der Waals surface area contributed by atoms with Crippen molar-refractivity contribution in [2.75, 3.05) is 19.6 Å². The Hall–Kier alpha value is -0.700. The number of morpholine rings is 1. The SMILES string of the molecule is CCN(C(C)CC(=O)O)S(=O)(=O)N1CC(C)OC(C)C1. The van der Waals surface area contributed by atoms with Crippen LogP contribution in [0.3, 0.4) is 0 Å². The molecular formula is C12H24N2O5S. The molecule has 8 heteroatoms. The summed E-state index contributed by atoms with van der Waals surface area (Å²) >= 11 is 0. The first-order chi connectivity index (χ1) is 9.18. The van der Waals surface area contributed by atoms with Crippen LogP contribution in [0.5, 0.6) is 0 Å². The lowest BCUT2D eigenvalue weighted by Gasteiger charge is -2.38. The summed E-state index contributed by atoms with van der Waals surface area (Å²) in [6.45, 7) is 7.82. The van der Waals surface area contributed by atoms with Crippen molar-refractivity contribution in [3.05, 3.63) is 0 Å². The van der Waals surface area contributed by atoms with E-state index in [0.29, 0.717) is 13.1 Å². The maximum atomic E-state index is 12.6. The molecule has 1 heterocycles. The molecule has 0 bridgehead atoms. The van der Waals surface area contributed by atoms with Crippen molar-refractivity contribution in [2.45, 2.75) is 52.4 Å². The van der Waals surface area contributed by atoms with Crippen molar-refractivity contribution < 1.29 is 23.1 Å². The molecule has 1 saturated heterocycles. The van der Waals surface area contributed by atoms with E-state index in [0.717, 1.165) is 0 Å². The van der Waals surface area contributed by atoms with Gasteiger partial charge in [-0.05, 0) is 20.8 Å². The molecule has 20 heavy (non-hydrogen) atoms. The molecule has 1 N–H and O–H groups in total. The first-order valence-corrected chi connectivity index (χ1v) is 8.22. The van der Waals surface area contributed by atoms with Crippen molar-refractivity contribution in [2.24, 2.45) is 0 Å². The topological polar surface area (TPSA) is 87.2 Å². The number of nitrogens with zero attached hydrogens (tertiary/aromatic N) is 2. The lowest BCUT2D eigenvalue weighted by Crippen LogP contribution is -2.55. The number of rotatable bonds is 6. The van der Waals surface area contributed by atoms with Crippen molar-refractivity contribution in [1.82, 2.24) is 8.61 Å². The predicted molar refractivity (Wildman–Crippen MR) is 74.6 cm³/mol. The molecule has 7 nitrogen and oxygen atoms in total. The summed E-state index contributed by atoms with van der Waals surface area (Å²) in [7, 11) is -3.66.